The van der Waals surface area contributed by atoms with Crippen molar-refractivity contribution in [2.45, 2.75) is 6.54 Å². The molecule has 4 heteroatoms. The molecule has 0 aliphatic rings. The Kier molecular flexibility index (Phi) is 4.05. The highest BCUT2D eigenvalue weighted by atomic mass is 79.9. The lowest BCUT2D eigenvalue weighted by atomic mass is 10.2. The topological polar surface area (TPSA) is 35.2 Å². The molecular formula is C13H11BrClNO. The summed E-state index contributed by atoms with van der Waals surface area (Å²) < 4.78 is 6.73. The molecule has 2 aromatic rings. The van der Waals surface area contributed by atoms with Crippen molar-refractivity contribution >= 4 is 27.5 Å². The van der Waals surface area contributed by atoms with E-state index in [1.54, 1.807) is 6.07 Å². The van der Waals surface area contributed by atoms with Crippen molar-refractivity contribution < 1.29 is 4.74 Å². The molecule has 2 nitrogen and oxygen atoms in total. The van der Waals surface area contributed by atoms with E-state index in [2.05, 4.69) is 15.9 Å². The molecule has 0 radical (unpaired) electrons. The molecule has 0 aliphatic heterocycles. The Morgan fingerprint density at radius 1 is 1.18 bits per heavy atom. The minimum atomic E-state index is 0.393. The summed E-state index contributed by atoms with van der Waals surface area (Å²) in [5.41, 5.74) is 6.54. The Morgan fingerprint density at radius 3 is 2.65 bits per heavy atom. The lowest BCUT2D eigenvalue weighted by molar-refractivity contribution is 0.476. The molecule has 2 rings (SSSR count). The largest absolute Gasteiger partial charge is 0.455 e. The number of ether oxygens (including phenoxy) is 1. The fraction of sp³-hybridized carbons (Fsp3) is 0.0769. The number of halogens is 2. The summed E-state index contributed by atoms with van der Waals surface area (Å²) in [4.78, 5) is 0. The van der Waals surface area contributed by atoms with Crippen LogP contribution < -0.4 is 10.5 Å². The van der Waals surface area contributed by atoms with E-state index < -0.39 is 0 Å². The van der Waals surface area contributed by atoms with Crippen LogP contribution in [-0.2, 0) is 6.54 Å². The first-order chi connectivity index (χ1) is 8.20. The molecule has 0 aliphatic carbocycles. The van der Waals surface area contributed by atoms with Gasteiger partial charge in [0, 0.05) is 16.6 Å². The number of rotatable bonds is 3. The highest BCUT2D eigenvalue weighted by Gasteiger charge is 2.08. The molecule has 0 atom stereocenters. The molecule has 0 saturated carbocycles. The van der Waals surface area contributed by atoms with Crippen molar-refractivity contribution in [1.29, 1.82) is 0 Å². The number of para-hydroxylation sites is 1. The van der Waals surface area contributed by atoms with Gasteiger partial charge in [-0.05, 0) is 24.3 Å². The third kappa shape index (κ3) is 3.00. The van der Waals surface area contributed by atoms with Gasteiger partial charge in [0.1, 0.15) is 11.5 Å². The van der Waals surface area contributed by atoms with Crippen LogP contribution in [0, 0.1) is 0 Å². The van der Waals surface area contributed by atoms with Crippen LogP contribution in [0.25, 0.3) is 0 Å². The van der Waals surface area contributed by atoms with Crippen LogP contribution in [0.15, 0.2) is 46.9 Å². The van der Waals surface area contributed by atoms with Crippen LogP contribution in [0.5, 0.6) is 11.5 Å². The molecule has 0 amide bonds. The zero-order chi connectivity index (χ0) is 12.3. The highest BCUT2D eigenvalue weighted by Crippen LogP contribution is 2.33. The summed E-state index contributed by atoms with van der Waals surface area (Å²) >= 11 is 9.50. The fourth-order valence-electron chi connectivity index (χ4n) is 1.48. The summed E-state index contributed by atoms with van der Waals surface area (Å²) in [6, 6.07) is 13.1. The van der Waals surface area contributed by atoms with Crippen LogP contribution in [0.1, 0.15) is 5.56 Å². The van der Waals surface area contributed by atoms with Crippen molar-refractivity contribution in [1.82, 2.24) is 0 Å². The fourth-order valence-corrected chi connectivity index (χ4v) is 2.09. The predicted molar refractivity (Wildman–Crippen MR) is 73.6 cm³/mol. The first-order valence-corrected chi connectivity index (χ1v) is 6.28. The van der Waals surface area contributed by atoms with Crippen molar-refractivity contribution in [3.8, 4) is 11.5 Å². The second-order valence-electron chi connectivity index (χ2n) is 3.49. The number of nitrogens with two attached hydrogens (primary N) is 1. The van der Waals surface area contributed by atoms with Gasteiger partial charge >= 0.3 is 0 Å². The maximum Gasteiger partial charge on any atom is 0.150 e. The smallest absolute Gasteiger partial charge is 0.150 e. The van der Waals surface area contributed by atoms with Gasteiger partial charge in [0.2, 0.25) is 0 Å². The molecule has 2 N–H and O–H groups in total. The first-order valence-electron chi connectivity index (χ1n) is 5.11. The Morgan fingerprint density at radius 2 is 1.94 bits per heavy atom. The van der Waals surface area contributed by atoms with E-state index in [-0.39, 0.29) is 0 Å². The van der Waals surface area contributed by atoms with Gasteiger partial charge in [-0.25, -0.2) is 0 Å². The summed E-state index contributed by atoms with van der Waals surface area (Å²) in [5.74, 6) is 1.34. The van der Waals surface area contributed by atoms with Crippen molar-refractivity contribution in [3.63, 3.8) is 0 Å². The van der Waals surface area contributed by atoms with Crippen molar-refractivity contribution in [2.24, 2.45) is 5.73 Å². The summed E-state index contributed by atoms with van der Waals surface area (Å²) in [6.07, 6.45) is 0. The highest BCUT2D eigenvalue weighted by molar-refractivity contribution is 9.10. The van der Waals surface area contributed by atoms with Gasteiger partial charge in [-0.2, -0.15) is 0 Å². The van der Waals surface area contributed by atoms with Crippen LogP contribution in [-0.4, -0.2) is 0 Å². The normalized spacial score (nSPS) is 10.3. The maximum atomic E-state index is 6.11. The SMILES string of the molecule is NCc1cccc(Cl)c1Oc1cccc(Br)c1. The van der Waals surface area contributed by atoms with Crippen LogP contribution in [0.2, 0.25) is 5.02 Å². The Balaban J connectivity index is 2.35. The van der Waals surface area contributed by atoms with E-state index >= 15 is 0 Å². The zero-order valence-corrected chi connectivity index (χ0v) is 11.3. The molecule has 0 bridgehead atoms. The molecule has 0 heterocycles. The molecular weight excluding hydrogens is 302 g/mol. The summed E-state index contributed by atoms with van der Waals surface area (Å²) in [6.45, 7) is 0.393. The number of benzene rings is 2. The van der Waals surface area contributed by atoms with Gasteiger partial charge in [0.25, 0.3) is 0 Å². The second-order valence-corrected chi connectivity index (χ2v) is 4.81. The predicted octanol–water partition coefficient (Wildman–Crippen LogP) is 4.35. The Labute approximate surface area is 113 Å². The lowest BCUT2D eigenvalue weighted by Crippen LogP contribution is -1.99. The van der Waals surface area contributed by atoms with Gasteiger partial charge in [-0.1, -0.05) is 45.7 Å². The third-order valence-electron chi connectivity index (χ3n) is 2.28. The van der Waals surface area contributed by atoms with Gasteiger partial charge < -0.3 is 10.5 Å². The molecule has 17 heavy (non-hydrogen) atoms. The maximum absolute atomic E-state index is 6.11. The van der Waals surface area contributed by atoms with Crippen molar-refractivity contribution in [2.75, 3.05) is 0 Å². The minimum Gasteiger partial charge on any atom is -0.455 e. The lowest BCUT2D eigenvalue weighted by Gasteiger charge is -2.11. The number of hydrogen-bond donors (Lipinski definition) is 1. The van der Waals surface area contributed by atoms with E-state index in [1.165, 1.54) is 0 Å². The van der Waals surface area contributed by atoms with E-state index in [9.17, 15) is 0 Å². The van der Waals surface area contributed by atoms with E-state index in [4.69, 9.17) is 22.1 Å². The van der Waals surface area contributed by atoms with Gasteiger partial charge in [0.15, 0.2) is 0 Å². The molecule has 88 valence electrons. The average Bonchev–Trinajstić information content (AvgIpc) is 2.32. The standard InChI is InChI=1S/C13H11BrClNO/c14-10-4-2-5-11(7-10)17-13-9(8-16)3-1-6-12(13)15/h1-7H,8,16H2. The summed E-state index contributed by atoms with van der Waals surface area (Å²) in [5, 5.41) is 0.563. The molecule has 0 fully saturated rings. The monoisotopic (exact) mass is 311 g/mol. The molecule has 0 spiro atoms. The molecule has 0 saturated heterocycles. The van der Waals surface area contributed by atoms with E-state index in [0.717, 1.165) is 15.8 Å². The van der Waals surface area contributed by atoms with Crippen LogP contribution in [0.3, 0.4) is 0 Å². The summed E-state index contributed by atoms with van der Waals surface area (Å²) in [7, 11) is 0. The quantitative estimate of drug-likeness (QED) is 0.914. The van der Waals surface area contributed by atoms with Crippen LogP contribution >= 0.6 is 27.5 Å². The van der Waals surface area contributed by atoms with Gasteiger partial charge in [0.05, 0.1) is 5.02 Å². The number of hydrogen-bond acceptors (Lipinski definition) is 2. The first kappa shape index (κ1) is 12.4. The van der Waals surface area contributed by atoms with E-state index in [1.807, 2.05) is 36.4 Å². The van der Waals surface area contributed by atoms with E-state index in [0.29, 0.717) is 17.3 Å². The average molecular weight is 313 g/mol. The van der Waals surface area contributed by atoms with Crippen molar-refractivity contribution in [3.05, 3.63) is 57.5 Å². The molecule has 2 aromatic carbocycles. The Hall–Kier alpha value is -1.03. The van der Waals surface area contributed by atoms with Gasteiger partial charge in [-0.3, -0.25) is 0 Å². The van der Waals surface area contributed by atoms with Gasteiger partial charge in [-0.15, -0.1) is 0 Å². The van der Waals surface area contributed by atoms with Crippen LogP contribution in [0.4, 0.5) is 0 Å². The Bertz CT molecular complexity index is 531. The molecule has 0 unspecified atom stereocenters. The molecule has 0 aromatic heterocycles. The second kappa shape index (κ2) is 5.54. The minimum absolute atomic E-state index is 0.393. The zero-order valence-electron chi connectivity index (χ0n) is 8.99. The third-order valence-corrected chi connectivity index (χ3v) is 3.08.